The lowest BCUT2D eigenvalue weighted by Crippen LogP contribution is -1.98. The molecule has 0 aromatic heterocycles. The second-order valence-corrected chi connectivity index (χ2v) is 6.92. The maximum atomic E-state index is 10.9. The summed E-state index contributed by atoms with van der Waals surface area (Å²) in [5.74, 6) is -2.59. The van der Waals surface area contributed by atoms with Gasteiger partial charge in [-0.15, -0.1) is 0 Å². The number of ether oxygens (including phenoxy) is 1. The molecule has 0 fully saturated rings. The van der Waals surface area contributed by atoms with E-state index in [0.717, 1.165) is 12.8 Å². The van der Waals surface area contributed by atoms with Crippen LogP contribution in [0.25, 0.3) is 0 Å². The van der Waals surface area contributed by atoms with E-state index in [0.29, 0.717) is 18.6 Å². The number of esters is 1. The Morgan fingerprint density at radius 3 is 1.52 bits per heavy atom. The summed E-state index contributed by atoms with van der Waals surface area (Å²) < 4.78 is 4.62. The Balaban J connectivity index is 0. The number of unbranched alkanes of at least 4 members (excludes halogenated alkanes) is 11. The van der Waals surface area contributed by atoms with E-state index in [2.05, 4.69) is 23.8 Å². The number of hydrogen-bond donors (Lipinski definition) is 2. The van der Waals surface area contributed by atoms with Gasteiger partial charge in [0.2, 0.25) is 0 Å². The first-order valence-corrected chi connectivity index (χ1v) is 10.8. The van der Waals surface area contributed by atoms with Crippen LogP contribution in [0.3, 0.4) is 0 Å². The molecule has 2 N–H and O–H groups in total. The lowest BCUT2D eigenvalue weighted by atomic mass is 10.1. The number of carboxylic acid groups (broad SMARTS) is 2. The highest BCUT2D eigenvalue weighted by Gasteiger charge is 1.98. The van der Waals surface area contributed by atoms with Gasteiger partial charge in [0, 0.05) is 18.6 Å². The predicted molar refractivity (Wildman–Crippen MR) is 116 cm³/mol. The molecule has 0 aliphatic heterocycles. The van der Waals surface area contributed by atoms with Crippen molar-refractivity contribution in [1.29, 1.82) is 0 Å². The van der Waals surface area contributed by atoms with Crippen LogP contribution in [0.2, 0.25) is 0 Å². The van der Waals surface area contributed by atoms with Gasteiger partial charge in [0.15, 0.2) is 0 Å². The zero-order valence-corrected chi connectivity index (χ0v) is 18.2. The second-order valence-electron chi connectivity index (χ2n) is 6.92. The minimum atomic E-state index is -1.26. The van der Waals surface area contributed by atoms with Crippen molar-refractivity contribution in [3.8, 4) is 0 Å². The van der Waals surface area contributed by atoms with Crippen LogP contribution in [-0.2, 0) is 19.1 Å². The Kier molecular flexibility index (Phi) is 24.0. The number of hydrogen-bond acceptors (Lipinski definition) is 4. The van der Waals surface area contributed by atoms with Crippen LogP contribution in [0.5, 0.6) is 0 Å². The fourth-order valence-corrected chi connectivity index (χ4v) is 2.58. The summed E-state index contributed by atoms with van der Waals surface area (Å²) in [6, 6.07) is 0. The molecule has 0 unspecified atom stereocenters. The van der Waals surface area contributed by atoms with Gasteiger partial charge in [-0.2, -0.15) is 0 Å². The molecule has 6 nitrogen and oxygen atoms in total. The van der Waals surface area contributed by atoms with Gasteiger partial charge in [-0.1, -0.05) is 70.4 Å². The maximum Gasteiger partial charge on any atom is 0.328 e. The molecule has 0 radical (unpaired) electrons. The fourth-order valence-electron chi connectivity index (χ4n) is 2.58. The number of carbonyl (C=O) groups excluding carboxylic acids is 1. The van der Waals surface area contributed by atoms with Crippen molar-refractivity contribution in [2.24, 2.45) is 0 Å². The molecule has 0 saturated carbocycles. The Morgan fingerprint density at radius 2 is 1.10 bits per heavy atom. The number of rotatable bonds is 17. The van der Waals surface area contributed by atoms with Crippen molar-refractivity contribution in [3.05, 3.63) is 24.3 Å². The average Bonchev–Trinajstić information content (AvgIpc) is 2.69. The van der Waals surface area contributed by atoms with Crippen molar-refractivity contribution in [2.75, 3.05) is 7.11 Å². The number of carboxylic acids is 2. The zero-order valence-electron chi connectivity index (χ0n) is 18.2. The summed E-state index contributed by atoms with van der Waals surface area (Å²) in [7, 11) is 1.46. The highest BCUT2D eigenvalue weighted by Crippen LogP contribution is 2.10. The van der Waals surface area contributed by atoms with Crippen LogP contribution in [0.15, 0.2) is 24.3 Å². The number of carbonyl (C=O) groups is 3. The summed E-state index contributed by atoms with van der Waals surface area (Å²) in [6.45, 7) is 2.27. The molecule has 168 valence electrons. The third-order valence-corrected chi connectivity index (χ3v) is 4.24. The monoisotopic (exact) mass is 412 g/mol. The van der Waals surface area contributed by atoms with Gasteiger partial charge in [0.05, 0.1) is 7.11 Å². The first kappa shape index (κ1) is 29.1. The largest absolute Gasteiger partial charge is 0.478 e. The topological polar surface area (TPSA) is 101 Å². The molecule has 0 aromatic rings. The van der Waals surface area contributed by atoms with Crippen LogP contribution < -0.4 is 0 Å². The Hall–Kier alpha value is -2.11. The van der Waals surface area contributed by atoms with Crippen LogP contribution in [0, 0.1) is 0 Å². The molecule has 0 heterocycles. The molecule has 0 rings (SSSR count). The first-order chi connectivity index (χ1) is 13.9. The molecular weight excluding hydrogens is 372 g/mol. The van der Waals surface area contributed by atoms with Crippen molar-refractivity contribution in [2.45, 2.75) is 96.8 Å². The van der Waals surface area contributed by atoms with Gasteiger partial charge in [-0.3, -0.25) is 4.79 Å². The molecule has 0 spiro atoms. The van der Waals surface area contributed by atoms with Gasteiger partial charge in [0.1, 0.15) is 0 Å². The molecule has 0 saturated heterocycles. The van der Waals surface area contributed by atoms with Crippen molar-refractivity contribution in [3.63, 3.8) is 0 Å². The van der Waals surface area contributed by atoms with E-state index < -0.39 is 11.9 Å². The van der Waals surface area contributed by atoms with Gasteiger partial charge < -0.3 is 14.9 Å². The average molecular weight is 413 g/mol. The van der Waals surface area contributed by atoms with Gasteiger partial charge in [0.25, 0.3) is 0 Å². The third kappa shape index (κ3) is 30.8. The lowest BCUT2D eigenvalue weighted by molar-refractivity contribution is -0.140. The van der Waals surface area contributed by atoms with Crippen LogP contribution >= 0.6 is 0 Å². The fraction of sp³-hybridized carbons (Fsp3) is 0.696. The molecule has 0 atom stereocenters. The van der Waals surface area contributed by atoms with E-state index in [1.54, 1.807) is 0 Å². The minimum Gasteiger partial charge on any atom is -0.478 e. The zero-order chi connectivity index (χ0) is 22.2. The first-order valence-electron chi connectivity index (χ1n) is 10.8. The van der Waals surface area contributed by atoms with E-state index in [1.807, 2.05) is 0 Å². The van der Waals surface area contributed by atoms with E-state index in [1.165, 1.54) is 77.7 Å². The van der Waals surface area contributed by atoms with Gasteiger partial charge in [-0.25, -0.2) is 9.59 Å². The summed E-state index contributed by atoms with van der Waals surface area (Å²) in [5, 5.41) is 15.6. The Labute approximate surface area is 176 Å². The lowest BCUT2D eigenvalue weighted by Gasteiger charge is -2.00. The van der Waals surface area contributed by atoms with Gasteiger partial charge in [-0.05, 0) is 32.1 Å². The van der Waals surface area contributed by atoms with Gasteiger partial charge >= 0.3 is 17.9 Å². The molecular formula is C23H40O6. The maximum absolute atomic E-state index is 10.9. The highest BCUT2D eigenvalue weighted by molar-refractivity contribution is 5.89. The van der Waals surface area contributed by atoms with E-state index in [4.69, 9.17) is 10.2 Å². The van der Waals surface area contributed by atoms with Crippen molar-refractivity contribution < 1.29 is 29.3 Å². The Bertz CT molecular complexity index is 452. The quantitative estimate of drug-likeness (QED) is 0.133. The predicted octanol–water partition coefficient (Wildman–Crippen LogP) is 5.91. The normalized spacial score (nSPS) is 10.7. The number of methoxy groups -OCH3 is 1. The number of allylic oxidation sites excluding steroid dienone is 2. The molecule has 6 heteroatoms. The second kappa shape index (κ2) is 23.9. The summed E-state index contributed by atoms with van der Waals surface area (Å²) in [5.41, 5.74) is 0. The summed E-state index contributed by atoms with van der Waals surface area (Å²) in [4.78, 5) is 30.0. The molecule has 0 aliphatic rings. The molecule has 0 aromatic carbocycles. The summed E-state index contributed by atoms with van der Waals surface area (Å²) >= 11 is 0. The summed E-state index contributed by atoms with van der Waals surface area (Å²) in [6.07, 6.45) is 23.1. The molecule has 0 aliphatic carbocycles. The molecule has 0 amide bonds. The van der Waals surface area contributed by atoms with Crippen LogP contribution in [-0.4, -0.2) is 35.2 Å². The Morgan fingerprint density at radius 1 is 0.690 bits per heavy atom. The van der Waals surface area contributed by atoms with Crippen molar-refractivity contribution in [1.82, 2.24) is 0 Å². The van der Waals surface area contributed by atoms with Crippen molar-refractivity contribution >= 4 is 17.9 Å². The standard InChI is InChI=1S/C19H36O2.C4H4O4/c1-3-4-5-6-7-8-9-10-11-12-13-14-15-16-17-18-19(20)21-2;5-3(6)1-2-4(7)8/h10-11H,3-9,12-18H2,1-2H3;1-2H,(H,5,6)(H,7,8)/b11-10-;2-1-. The molecule has 29 heavy (non-hydrogen) atoms. The number of aliphatic carboxylic acids is 2. The smallest absolute Gasteiger partial charge is 0.328 e. The highest BCUT2D eigenvalue weighted by atomic mass is 16.5. The van der Waals surface area contributed by atoms with Crippen LogP contribution in [0.1, 0.15) is 96.8 Å². The third-order valence-electron chi connectivity index (χ3n) is 4.24. The van der Waals surface area contributed by atoms with Crippen LogP contribution in [0.4, 0.5) is 0 Å². The minimum absolute atomic E-state index is 0.0763. The van der Waals surface area contributed by atoms with E-state index in [-0.39, 0.29) is 5.97 Å². The SMILES string of the molecule is CCCCCCCC/C=C\CCCCCCCC(=O)OC.O=C(O)/C=C\C(=O)O. The van der Waals surface area contributed by atoms with E-state index in [9.17, 15) is 14.4 Å². The van der Waals surface area contributed by atoms with E-state index >= 15 is 0 Å². The molecule has 0 bridgehead atoms.